The minimum Gasteiger partial charge on any atom is -0.207 e. The van der Waals surface area contributed by atoms with Crippen molar-refractivity contribution in [2.45, 2.75) is 51.5 Å². The Hall–Kier alpha value is -1.70. The maximum atomic E-state index is 13.8. The molecule has 2 heterocycles. The summed E-state index contributed by atoms with van der Waals surface area (Å²) in [6, 6.07) is 11.5. The third-order valence-electron chi connectivity index (χ3n) is 5.83. The number of halogens is 1. The summed E-state index contributed by atoms with van der Waals surface area (Å²) in [6.07, 6.45) is 4.20. The number of fused-ring (bicyclic) bond motifs is 3. The lowest BCUT2D eigenvalue weighted by atomic mass is 9.61. The summed E-state index contributed by atoms with van der Waals surface area (Å²) in [6.45, 7) is 9.12. The summed E-state index contributed by atoms with van der Waals surface area (Å²) in [5.41, 5.74) is 3.39. The summed E-state index contributed by atoms with van der Waals surface area (Å²) >= 11 is 0. The van der Waals surface area contributed by atoms with Gasteiger partial charge in [-0.25, -0.2) is 4.39 Å². The van der Waals surface area contributed by atoms with Crippen LogP contribution in [0, 0.1) is 5.82 Å². The summed E-state index contributed by atoms with van der Waals surface area (Å²) in [7, 11) is 0. The summed E-state index contributed by atoms with van der Waals surface area (Å²) in [4.78, 5) is 0. The van der Waals surface area contributed by atoms with Crippen LogP contribution in [-0.4, -0.2) is 0 Å². The molecule has 1 aromatic carbocycles. The quantitative estimate of drug-likeness (QED) is 0.710. The molecule has 2 aromatic rings. The molecule has 0 aliphatic carbocycles. The van der Waals surface area contributed by atoms with Crippen molar-refractivity contribution < 1.29 is 8.96 Å². The van der Waals surface area contributed by atoms with Crippen molar-refractivity contribution in [3.63, 3.8) is 0 Å². The Labute approximate surface area is 126 Å². The van der Waals surface area contributed by atoms with E-state index in [1.54, 1.807) is 12.1 Å². The SMILES string of the molecule is CCC1(C)c2ccc(F)cc2-c2cccc[n+]2C1(C)CC. The second kappa shape index (κ2) is 4.66. The van der Waals surface area contributed by atoms with E-state index in [9.17, 15) is 4.39 Å². The summed E-state index contributed by atoms with van der Waals surface area (Å²) in [5, 5.41) is 0. The molecular formula is C19H23FN+. The van der Waals surface area contributed by atoms with E-state index in [0.29, 0.717) is 0 Å². The van der Waals surface area contributed by atoms with Crippen LogP contribution in [-0.2, 0) is 11.0 Å². The molecule has 0 N–H and O–H groups in total. The molecule has 1 aliphatic rings. The maximum absolute atomic E-state index is 13.8. The number of rotatable bonds is 2. The van der Waals surface area contributed by atoms with Crippen LogP contribution in [0.4, 0.5) is 4.39 Å². The van der Waals surface area contributed by atoms with Gasteiger partial charge >= 0.3 is 0 Å². The van der Waals surface area contributed by atoms with Gasteiger partial charge < -0.3 is 0 Å². The summed E-state index contributed by atoms with van der Waals surface area (Å²) < 4.78 is 16.2. The number of benzene rings is 1. The maximum Gasteiger partial charge on any atom is 0.213 e. The van der Waals surface area contributed by atoms with Crippen LogP contribution in [0.5, 0.6) is 0 Å². The van der Waals surface area contributed by atoms with E-state index in [0.717, 1.165) is 24.1 Å². The Morgan fingerprint density at radius 1 is 1.05 bits per heavy atom. The molecule has 1 nitrogen and oxygen atoms in total. The molecule has 0 amide bonds. The first-order chi connectivity index (χ1) is 9.98. The topological polar surface area (TPSA) is 3.88 Å². The molecule has 21 heavy (non-hydrogen) atoms. The van der Waals surface area contributed by atoms with E-state index in [1.165, 1.54) is 5.56 Å². The van der Waals surface area contributed by atoms with Crippen molar-refractivity contribution in [2.24, 2.45) is 0 Å². The molecule has 0 saturated heterocycles. The van der Waals surface area contributed by atoms with Crippen molar-refractivity contribution >= 4 is 0 Å². The molecule has 2 unspecified atom stereocenters. The van der Waals surface area contributed by atoms with Crippen molar-refractivity contribution in [1.82, 2.24) is 0 Å². The highest BCUT2D eigenvalue weighted by molar-refractivity contribution is 5.65. The lowest BCUT2D eigenvalue weighted by molar-refractivity contribution is -0.765. The predicted molar refractivity (Wildman–Crippen MR) is 83.6 cm³/mol. The highest BCUT2D eigenvalue weighted by Gasteiger charge is 2.56. The van der Waals surface area contributed by atoms with Crippen LogP contribution >= 0.6 is 0 Å². The normalized spacial score (nSPS) is 27.1. The third kappa shape index (κ3) is 1.71. The molecule has 0 spiro atoms. The Kier molecular flexibility index (Phi) is 3.16. The average molecular weight is 284 g/mol. The minimum atomic E-state index is -0.164. The van der Waals surface area contributed by atoms with Gasteiger partial charge in [0.25, 0.3) is 0 Å². The number of nitrogens with zero attached hydrogens (tertiary/aromatic N) is 1. The van der Waals surface area contributed by atoms with Crippen molar-refractivity contribution in [1.29, 1.82) is 0 Å². The van der Waals surface area contributed by atoms with Gasteiger partial charge in [-0.1, -0.05) is 19.9 Å². The molecule has 0 fully saturated rings. The van der Waals surface area contributed by atoms with Crippen molar-refractivity contribution in [3.8, 4) is 11.3 Å². The Balaban J connectivity index is 2.43. The molecule has 3 rings (SSSR count). The first-order valence-electron chi connectivity index (χ1n) is 7.79. The van der Waals surface area contributed by atoms with E-state index in [1.807, 2.05) is 12.1 Å². The first kappa shape index (κ1) is 14.2. The molecule has 0 radical (unpaired) electrons. The van der Waals surface area contributed by atoms with E-state index < -0.39 is 0 Å². The number of aromatic nitrogens is 1. The van der Waals surface area contributed by atoms with Gasteiger partial charge in [0.2, 0.25) is 5.69 Å². The van der Waals surface area contributed by atoms with Gasteiger partial charge in [0.1, 0.15) is 5.82 Å². The van der Waals surface area contributed by atoms with E-state index in [2.05, 4.69) is 50.6 Å². The van der Waals surface area contributed by atoms with Crippen molar-refractivity contribution in [3.05, 3.63) is 54.0 Å². The molecule has 1 aliphatic heterocycles. The van der Waals surface area contributed by atoms with E-state index >= 15 is 0 Å². The molecule has 2 atom stereocenters. The summed E-state index contributed by atoms with van der Waals surface area (Å²) in [5.74, 6) is -0.164. The van der Waals surface area contributed by atoms with Gasteiger partial charge in [-0.15, -0.1) is 0 Å². The second-order valence-electron chi connectivity index (χ2n) is 6.46. The largest absolute Gasteiger partial charge is 0.213 e. The van der Waals surface area contributed by atoms with Gasteiger partial charge in [0.15, 0.2) is 11.7 Å². The zero-order valence-corrected chi connectivity index (χ0v) is 13.3. The van der Waals surface area contributed by atoms with Gasteiger partial charge in [0, 0.05) is 25.5 Å². The number of hydrogen-bond donors (Lipinski definition) is 0. The fraction of sp³-hybridized carbons (Fsp3) is 0.421. The Morgan fingerprint density at radius 3 is 2.48 bits per heavy atom. The number of pyridine rings is 1. The second-order valence-corrected chi connectivity index (χ2v) is 6.46. The zero-order chi connectivity index (χ0) is 15.3. The average Bonchev–Trinajstić information content (AvgIpc) is 2.52. The molecule has 0 saturated carbocycles. The van der Waals surface area contributed by atoms with Crippen molar-refractivity contribution in [2.75, 3.05) is 0 Å². The molecule has 1 aromatic heterocycles. The predicted octanol–water partition coefficient (Wildman–Crippen LogP) is 4.59. The first-order valence-corrected chi connectivity index (χ1v) is 7.79. The monoisotopic (exact) mass is 284 g/mol. The lowest BCUT2D eigenvalue weighted by Gasteiger charge is -2.46. The molecule has 2 heteroatoms. The fourth-order valence-electron chi connectivity index (χ4n) is 3.99. The van der Waals surface area contributed by atoms with E-state index in [4.69, 9.17) is 0 Å². The smallest absolute Gasteiger partial charge is 0.207 e. The fourth-order valence-corrected chi connectivity index (χ4v) is 3.99. The number of hydrogen-bond acceptors (Lipinski definition) is 0. The highest BCUT2D eigenvalue weighted by atomic mass is 19.1. The Bertz CT molecular complexity index is 694. The van der Waals surface area contributed by atoms with Crippen LogP contribution < -0.4 is 4.57 Å². The van der Waals surface area contributed by atoms with Gasteiger partial charge in [0.05, 0.1) is 11.0 Å². The molecular weight excluding hydrogens is 261 g/mol. The van der Waals surface area contributed by atoms with Crippen LogP contribution in [0.1, 0.15) is 46.1 Å². The van der Waals surface area contributed by atoms with Crippen LogP contribution in [0.2, 0.25) is 0 Å². The van der Waals surface area contributed by atoms with Gasteiger partial charge in [-0.3, -0.25) is 0 Å². The van der Waals surface area contributed by atoms with Gasteiger partial charge in [-0.2, -0.15) is 4.57 Å². The lowest BCUT2D eigenvalue weighted by Crippen LogP contribution is -2.67. The molecule has 0 bridgehead atoms. The molecule has 110 valence electrons. The minimum absolute atomic E-state index is 0.0101. The van der Waals surface area contributed by atoms with Crippen LogP contribution in [0.3, 0.4) is 0 Å². The third-order valence-corrected chi connectivity index (χ3v) is 5.83. The Morgan fingerprint density at radius 2 is 1.81 bits per heavy atom. The zero-order valence-electron chi connectivity index (χ0n) is 13.3. The standard InChI is InChI=1S/C19H23FN/c1-5-18(3)16-11-10-14(20)13-15(16)17-9-7-8-12-21(17)19(18,4)6-2/h7-13H,5-6H2,1-4H3/q+1. The highest BCUT2D eigenvalue weighted by Crippen LogP contribution is 2.49. The van der Waals surface area contributed by atoms with Crippen LogP contribution in [0.15, 0.2) is 42.6 Å². The van der Waals surface area contributed by atoms with Gasteiger partial charge in [-0.05, 0) is 37.1 Å². The van der Waals surface area contributed by atoms with Crippen LogP contribution in [0.25, 0.3) is 11.3 Å². The van der Waals surface area contributed by atoms with E-state index in [-0.39, 0.29) is 16.8 Å².